The number of thiazole rings is 1. The molecular weight excluding hydrogens is 476 g/mol. The number of carbonyl (C=O) groups is 3. The Morgan fingerprint density at radius 2 is 1.88 bits per heavy atom. The van der Waals surface area contributed by atoms with Gasteiger partial charge in [-0.05, 0) is 30.2 Å². The number of thioether (sulfide) groups is 1. The number of imide groups is 1. The highest BCUT2D eigenvalue weighted by Gasteiger charge is 2.56. The summed E-state index contributed by atoms with van der Waals surface area (Å²) in [5.74, 6) is -2.98. The maximum absolute atomic E-state index is 13.2. The molecule has 3 atom stereocenters. The van der Waals surface area contributed by atoms with E-state index in [4.69, 9.17) is 9.84 Å². The Bertz CT molecular complexity index is 1350. The summed E-state index contributed by atoms with van der Waals surface area (Å²) < 4.78 is 5.90. The van der Waals surface area contributed by atoms with Crippen LogP contribution < -0.4 is 9.61 Å². The van der Waals surface area contributed by atoms with Gasteiger partial charge in [0.15, 0.2) is 0 Å². The number of hydrogen-bond acceptors (Lipinski definition) is 7. The van der Waals surface area contributed by atoms with Crippen LogP contribution in [0, 0.1) is 12.8 Å². The number of benzene rings is 2. The van der Waals surface area contributed by atoms with Crippen molar-refractivity contribution in [2.24, 2.45) is 5.92 Å². The number of amides is 2. The molecule has 1 saturated heterocycles. The molecule has 174 valence electrons. The number of fused-ring (bicyclic) bond motifs is 2. The molecule has 1 aromatic heterocycles. The third kappa shape index (κ3) is 4.03. The monoisotopic (exact) mass is 496 g/mol. The Hall–Kier alpha value is -3.37. The molecule has 1 fully saturated rings. The van der Waals surface area contributed by atoms with Crippen LogP contribution in [-0.2, 0) is 21.0 Å². The van der Waals surface area contributed by atoms with Gasteiger partial charge in [-0.2, -0.15) is 0 Å². The van der Waals surface area contributed by atoms with Crippen LogP contribution in [0.25, 0.3) is 0 Å². The van der Waals surface area contributed by atoms with Crippen LogP contribution in [0.1, 0.15) is 27.5 Å². The predicted molar refractivity (Wildman–Crippen MR) is 126 cm³/mol. The van der Waals surface area contributed by atoms with Gasteiger partial charge in [-0.1, -0.05) is 65.1 Å². The number of nitrogens with zero attached hydrogens (tertiary/aromatic N) is 1. The molecule has 5 rings (SSSR count). The average Bonchev–Trinajstić information content (AvgIpc) is 3.28. The fourth-order valence-electron chi connectivity index (χ4n) is 4.46. The minimum Gasteiger partial charge on any atom is -0.489 e. The first-order valence-electron chi connectivity index (χ1n) is 10.6. The smallest absolute Gasteiger partial charge is 0.323 e. The van der Waals surface area contributed by atoms with Crippen LogP contribution in [0.5, 0.6) is 5.75 Å². The number of hydrogen-bond donors (Lipinski definition) is 2. The van der Waals surface area contributed by atoms with Gasteiger partial charge in [-0.3, -0.25) is 24.1 Å². The largest absolute Gasteiger partial charge is 0.489 e. The Labute approximate surface area is 202 Å². The summed E-state index contributed by atoms with van der Waals surface area (Å²) in [5, 5.41) is 8.93. The minimum absolute atomic E-state index is 0.261. The van der Waals surface area contributed by atoms with Crippen molar-refractivity contribution in [3.8, 4) is 5.75 Å². The zero-order valence-corrected chi connectivity index (χ0v) is 19.7. The quantitative estimate of drug-likeness (QED) is 0.504. The maximum atomic E-state index is 13.2. The molecule has 3 aromatic rings. The van der Waals surface area contributed by atoms with E-state index in [0.717, 1.165) is 44.7 Å². The molecule has 2 aliphatic rings. The van der Waals surface area contributed by atoms with Crippen molar-refractivity contribution >= 4 is 40.9 Å². The number of ether oxygens (including phenoxy) is 1. The molecule has 0 spiro atoms. The molecule has 2 N–H and O–H groups in total. The number of aliphatic carboxylic acids is 1. The molecule has 0 bridgehead atoms. The van der Waals surface area contributed by atoms with Gasteiger partial charge < -0.3 is 14.8 Å². The van der Waals surface area contributed by atoms with E-state index < -0.39 is 41.4 Å². The molecule has 2 unspecified atom stereocenters. The minimum atomic E-state index is -1.25. The van der Waals surface area contributed by atoms with E-state index in [9.17, 15) is 19.2 Å². The van der Waals surface area contributed by atoms with Crippen LogP contribution in [0.15, 0.2) is 58.4 Å². The fraction of sp³-hybridized carbons (Fsp3) is 0.250. The Morgan fingerprint density at radius 1 is 1.12 bits per heavy atom. The summed E-state index contributed by atoms with van der Waals surface area (Å²) in [7, 11) is 0. The van der Waals surface area contributed by atoms with E-state index >= 15 is 0 Å². The standard InChI is InChI=1S/C24H20N2O6S2/c1-12-3-2-4-13(9-12)11-32-15-7-5-14(6-8-15)17-18-20(33-21-19(17)34-24(31)25-21)23(30)26(22(18)29)10-16(27)28/h2-9,17-18,20H,10-11H2,1H3,(H,25,31)(H,27,28)/t17-,18?,20?/m0/s1. The highest BCUT2D eigenvalue weighted by atomic mass is 32.2. The van der Waals surface area contributed by atoms with E-state index in [1.807, 2.05) is 37.3 Å². The number of aryl methyl sites for hydroxylation is 1. The van der Waals surface area contributed by atoms with Crippen LogP contribution in [0.4, 0.5) is 0 Å². The van der Waals surface area contributed by atoms with E-state index in [0.29, 0.717) is 22.3 Å². The average molecular weight is 497 g/mol. The lowest BCUT2D eigenvalue weighted by molar-refractivity contribution is -0.149. The number of aromatic amines is 1. The van der Waals surface area contributed by atoms with Crippen LogP contribution in [0.3, 0.4) is 0 Å². The lowest BCUT2D eigenvalue weighted by Gasteiger charge is -2.29. The van der Waals surface area contributed by atoms with Crippen molar-refractivity contribution in [3.63, 3.8) is 0 Å². The fourth-order valence-corrected chi connectivity index (χ4v) is 7.00. The third-order valence-electron chi connectivity index (χ3n) is 5.94. The number of carboxylic acids is 1. The van der Waals surface area contributed by atoms with Crippen LogP contribution >= 0.6 is 23.1 Å². The molecule has 34 heavy (non-hydrogen) atoms. The number of likely N-dealkylation sites (tertiary alicyclic amines) is 1. The second kappa shape index (κ2) is 8.77. The highest BCUT2D eigenvalue weighted by Crippen LogP contribution is 2.52. The van der Waals surface area contributed by atoms with E-state index in [2.05, 4.69) is 11.1 Å². The van der Waals surface area contributed by atoms with Crippen molar-refractivity contribution in [3.05, 3.63) is 79.8 Å². The van der Waals surface area contributed by atoms with Gasteiger partial charge in [0.25, 0.3) is 0 Å². The molecule has 10 heteroatoms. The van der Waals surface area contributed by atoms with Crippen molar-refractivity contribution in [1.29, 1.82) is 0 Å². The molecule has 2 amide bonds. The second-order valence-electron chi connectivity index (χ2n) is 8.25. The first kappa shape index (κ1) is 22.4. The van der Waals surface area contributed by atoms with E-state index in [-0.39, 0.29) is 4.87 Å². The first-order valence-corrected chi connectivity index (χ1v) is 12.3. The zero-order valence-electron chi connectivity index (χ0n) is 18.0. The Balaban J connectivity index is 1.44. The summed E-state index contributed by atoms with van der Waals surface area (Å²) in [4.78, 5) is 53.4. The summed E-state index contributed by atoms with van der Waals surface area (Å²) in [6, 6.07) is 15.3. The van der Waals surface area contributed by atoms with Gasteiger partial charge in [0.2, 0.25) is 11.8 Å². The van der Waals surface area contributed by atoms with E-state index in [1.54, 1.807) is 12.1 Å². The normalized spacial score (nSPS) is 21.3. The SMILES string of the molecule is Cc1cccc(COc2ccc([C@@H]3c4sc(=O)[nH]c4SC4C(=O)N(CC(=O)O)C(=O)C43)cc2)c1. The van der Waals surface area contributed by atoms with Crippen LogP contribution in [0.2, 0.25) is 0 Å². The van der Waals surface area contributed by atoms with Crippen molar-refractivity contribution < 1.29 is 24.2 Å². The molecule has 0 radical (unpaired) electrons. The lowest BCUT2D eigenvalue weighted by Crippen LogP contribution is -2.36. The summed E-state index contributed by atoms with van der Waals surface area (Å²) in [5.41, 5.74) is 2.95. The van der Waals surface area contributed by atoms with Gasteiger partial charge in [0.05, 0.1) is 10.9 Å². The first-order chi connectivity index (χ1) is 16.3. The topological polar surface area (TPSA) is 117 Å². The molecule has 2 aromatic carbocycles. The van der Waals surface area contributed by atoms with Gasteiger partial charge in [0, 0.05) is 10.8 Å². The van der Waals surface area contributed by atoms with Gasteiger partial charge in [-0.25, -0.2) is 0 Å². The predicted octanol–water partition coefficient (Wildman–Crippen LogP) is 3.00. The van der Waals surface area contributed by atoms with Crippen molar-refractivity contribution in [2.75, 3.05) is 6.54 Å². The summed E-state index contributed by atoms with van der Waals surface area (Å²) in [6.07, 6.45) is 0. The molecule has 0 saturated carbocycles. The molecule has 2 aliphatic heterocycles. The molecule has 0 aliphatic carbocycles. The van der Waals surface area contributed by atoms with Crippen molar-refractivity contribution in [2.45, 2.75) is 29.7 Å². The highest BCUT2D eigenvalue weighted by molar-refractivity contribution is 8.00. The maximum Gasteiger partial charge on any atom is 0.323 e. The number of H-pyrrole nitrogens is 1. The molecular formula is C24H20N2O6S2. The molecule has 3 heterocycles. The third-order valence-corrected chi connectivity index (χ3v) is 8.34. The van der Waals surface area contributed by atoms with Gasteiger partial charge in [-0.15, -0.1) is 0 Å². The molecule has 8 nitrogen and oxygen atoms in total. The number of carbonyl (C=O) groups excluding carboxylic acids is 2. The van der Waals surface area contributed by atoms with Crippen molar-refractivity contribution in [1.82, 2.24) is 9.88 Å². The zero-order chi connectivity index (χ0) is 24.0. The summed E-state index contributed by atoms with van der Waals surface area (Å²) >= 11 is 2.14. The number of rotatable bonds is 6. The van der Waals surface area contributed by atoms with Gasteiger partial charge >= 0.3 is 10.8 Å². The second-order valence-corrected chi connectivity index (χ2v) is 10.4. The Morgan fingerprint density at radius 3 is 2.59 bits per heavy atom. The van der Waals surface area contributed by atoms with Gasteiger partial charge in [0.1, 0.15) is 24.2 Å². The number of nitrogens with one attached hydrogen (secondary N) is 1. The number of carboxylic acid groups (broad SMARTS) is 1. The van der Waals surface area contributed by atoms with E-state index in [1.165, 1.54) is 0 Å². The van der Waals surface area contributed by atoms with Crippen LogP contribution in [-0.4, -0.2) is 44.6 Å². The Kier molecular flexibility index (Phi) is 5.78. The lowest BCUT2D eigenvalue weighted by atomic mass is 9.83. The number of aromatic nitrogens is 1. The summed E-state index contributed by atoms with van der Waals surface area (Å²) in [6.45, 7) is 1.75.